The molecule has 1 aliphatic rings. The predicted molar refractivity (Wildman–Crippen MR) is 79.1 cm³/mol. The van der Waals surface area contributed by atoms with Gasteiger partial charge in [0.25, 0.3) is 5.91 Å². The first-order valence-corrected chi connectivity index (χ1v) is 7.13. The largest absolute Gasteiger partial charge is 0.398 e. The van der Waals surface area contributed by atoms with Crippen molar-refractivity contribution in [3.05, 3.63) is 29.3 Å². The fourth-order valence-corrected chi connectivity index (χ4v) is 3.08. The van der Waals surface area contributed by atoms with Crippen molar-refractivity contribution in [2.45, 2.75) is 45.6 Å². The number of amides is 1. The molecule has 19 heavy (non-hydrogen) atoms. The van der Waals surface area contributed by atoms with Gasteiger partial charge in [0.15, 0.2) is 0 Å². The zero-order valence-corrected chi connectivity index (χ0v) is 12.1. The quantitative estimate of drug-likeness (QED) is 0.830. The Bertz CT molecular complexity index is 450. The first-order valence-electron chi connectivity index (χ1n) is 7.13. The molecule has 2 atom stereocenters. The van der Waals surface area contributed by atoms with Crippen molar-refractivity contribution in [2.75, 3.05) is 12.8 Å². The van der Waals surface area contributed by atoms with E-state index in [2.05, 4.69) is 6.92 Å². The third kappa shape index (κ3) is 2.91. The van der Waals surface area contributed by atoms with Crippen LogP contribution in [0.2, 0.25) is 0 Å². The van der Waals surface area contributed by atoms with Gasteiger partial charge in [0.05, 0.1) is 5.56 Å². The van der Waals surface area contributed by atoms with E-state index in [1.54, 1.807) is 6.07 Å². The maximum Gasteiger partial charge on any atom is 0.256 e. The molecule has 0 bridgehead atoms. The maximum atomic E-state index is 12.6. The van der Waals surface area contributed by atoms with Crippen LogP contribution in [0, 0.1) is 12.8 Å². The third-order valence-corrected chi connectivity index (χ3v) is 4.30. The van der Waals surface area contributed by atoms with Gasteiger partial charge < -0.3 is 10.6 Å². The summed E-state index contributed by atoms with van der Waals surface area (Å²) >= 11 is 0. The number of anilines is 1. The van der Waals surface area contributed by atoms with Crippen LogP contribution in [0.15, 0.2) is 18.2 Å². The molecule has 0 aromatic heterocycles. The minimum Gasteiger partial charge on any atom is -0.398 e. The topological polar surface area (TPSA) is 46.3 Å². The van der Waals surface area contributed by atoms with Gasteiger partial charge in [-0.1, -0.05) is 31.9 Å². The molecule has 0 radical (unpaired) electrons. The standard InChI is InChI=1S/C16H24N2O/c1-11-6-4-8-13(10-11)18(3)16(19)15-12(2)7-5-9-14(15)17/h5,7,9,11,13H,4,6,8,10,17H2,1-3H3. The van der Waals surface area contributed by atoms with E-state index >= 15 is 0 Å². The van der Waals surface area contributed by atoms with E-state index in [1.807, 2.05) is 31.0 Å². The molecule has 3 nitrogen and oxygen atoms in total. The number of nitrogens with zero attached hydrogens (tertiary/aromatic N) is 1. The summed E-state index contributed by atoms with van der Waals surface area (Å²) in [5.41, 5.74) is 8.18. The summed E-state index contributed by atoms with van der Waals surface area (Å²) in [6.07, 6.45) is 4.71. The van der Waals surface area contributed by atoms with Gasteiger partial charge in [0.2, 0.25) is 0 Å². The van der Waals surface area contributed by atoms with Crippen molar-refractivity contribution >= 4 is 11.6 Å². The van der Waals surface area contributed by atoms with Crippen LogP contribution in [0.4, 0.5) is 5.69 Å². The van der Waals surface area contributed by atoms with Gasteiger partial charge in [0.1, 0.15) is 0 Å². The Morgan fingerprint density at radius 2 is 2.11 bits per heavy atom. The predicted octanol–water partition coefficient (Wildman–Crippen LogP) is 3.23. The lowest BCUT2D eigenvalue weighted by Gasteiger charge is -2.34. The average molecular weight is 260 g/mol. The highest BCUT2D eigenvalue weighted by atomic mass is 16.2. The first kappa shape index (κ1) is 13.9. The Hall–Kier alpha value is -1.51. The molecule has 1 aliphatic carbocycles. The van der Waals surface area contributed by atoms with E-state index in [-0.39, 0.29) is 5.91 Å². The second kappa shape index (κ2) is 5.64. The highest BCUT2D eigenvalue weighted by Gasteiger charge is 2.27. The molecule has 104 valence electrons. The van der Waals surface area contributed by atoms with Crippen LogP contribution < -0.4 is 5.73 Å². The zero-order valence-electron chi connectivity index (χ0n) is 12.1. The van der Waals surface area contributed by atoms with Gasteiger partial charge in [-0.25, -0.2) is 0 Å². The Morgan fingerprint density at radius 3 is 2.74 bits per heavy atom. The molecule has 2 N–H and O–H groups in total. The number of aryl methyl sites for hydroxylation is 1. The van der Waals surface area contributed by atoms with Crippen molar-refractivity contribution in [3.63, 3.8) is 0 Å². The van der Waals surface area contributed by atoms with Crippen molar-refractivity contribution < 1.29 is 4.79 Å². The lowest BCUT2D eigenvalue weighted by atomic mass is 9.86. The molecule has 1 amide bonds. The number of carbonyl (C=O) groups excluding carboxylic acids is 1. The summed E-state index contributed by atoms with van der Waals surface area (Å²) in [7, 11) is 1.91. The van der Waals surface area contributed by atoms with Crippen LogP contribution in [0.25, 0.3) is 0 Å². The zero-order chi connectivity index (χ0) is 14.0. The van der Waals surface area contributed by atoms with Gasteiger partial charge in [-0.15, -0.1) is 0 Å². The minimum atomic E-state index is 0.0645. The second-order valence-corrected chi connectivity index (χ2v) is 5.88. The van der Waals surface area contributed by atoms with Crippen LogP contribution in [-0.2, 0) is 0 Å². The second-order valence-electron chi connectivity index (χ2n) is 5.88. The van der Waals surface area contributed by atoms with Gasteiger partial charge in [-0.2, -0.15) is 0 Å². The first-order chi connectivity index (χ1) is 9.00. The minimum absolute atomic E-state index is 0.0645. The summed E-state index contributed by atoms with van der Waals surface area (Å²) in [5.74, 6) is 0.776. The average Bonchev–Trinajstić information content (AvgIpc) is 2.37. The number of nitrogens with two attached hydrogens (primary N) is 1. The highest BCUT2D eigenvalue weighted by molar-refractivity contribution is 6.00. The molecule has 2 rings (SSSR count). The van der Waals surface area contributed by atoms with Crippen molar-refractivity contribution in [1.82, 2.24) is 4.90 Å². The van der Waals surface area contributed by atoms with Crippen LogP contribution in [0.1, 0.15) is 48.5 Å². The van der Waals surface area contributed by atoms with Gasteiger partial charge in [-0.3, -0.25) is 4.79 Å². The van der Waals surface area contributed by atoms with Gasteiger partial charge >= 0.3 is 0 Å². The fraction of sp³-hybridized carbons (Fsp3) is 0.562. The van der Waals surface area contributed by atoms with Crippen LogP contribution in [0.3, 0.4) is 0 Å². The summed E-state index contributed by atoms with van der Waals surface area (Å²) in [6, 6.07) is 6.00. The summed E-state index contributed by atoms with van der Waals surface area (Å²) in [4.78, 5) is 14.5. The highest BCUT2D eigenvalue weighted by Crippen LogP contribution is 2.28. The van der Waals surface area contributed by atoms with Crippen molar-refractivity contribution in [2.24, 2.45) is 5.92 Å². The molecule has 1 aromatic rings. The Morgan fingerprint density at radius 1 is 1.37 bits per heavy atom. The van der Waals surface area contributed by atoms with Gasteiger partial charge in [-0.05, 0) is 37.3 Å². The van der Waals surface area contributed by atoms with Gasteiger partial charge in [0, 0.05) is 18.8 Å². The molecule has 0 heterocycles. The van der Waals surface area contributed by atoms with Crippen LogP contribution in [-0.4, -0.2) is 23.9 Å². The lowest BCUT2D eigenvalue weighted by molar-refractivity contribution is 0.0672. The number of nitrogen functional groups attached to an aromatic ring is 1. The van der Waals surface area contributed by atoms with E-state index < -0.39 is 0 Å². The molecular weight excluding hydrogens is 236 g/mol. The SMILES string of the molecule is Cc1cccc(N)c1C(=O)N(C)C1CCCC(C)C1. The number of benzene rings is 1. The number of rotatable bonds is 2. The van der Waals surface area contributed by atoms with Crippen LogP contribution >= 0.6 is 0 Å². The molecule has 1 aromatic carbocycles. The molecule has 3 heteroatoms. The van der Waals surface area contributed by atoms with E-state index in [0.717, 1.165) is 18.4 Å². The van der Waals surface area contributed by atoms with Crippen molar-refractivity contribution in [1.29, 1.82) is 0 Å². The van der Waals surface area contributed by atoms with E-state index in [1.165, 1.54) is 12.8 Å². The monoisotopic (exact) mass is 260 g/mol. The summed E-state index contributed by atoms with van der Waals surface area (Å²) in [5, 5.41) is 0. The molecular formula is C16H24N2O. The molecule has 1 saturated carbocycles. The Kier molecular flexibility index (Phi) is 4.13. The molecule has 1 fully saturated rings. The Labute approximate surface area is 115 Å². The smallest absolute Gasteiger partial charge is 0.256 e. The Balaban J connectivity index is 2.19. The number of hydrogen-bond acceptors (Lipinski definition) is 2. The van der Waals surface area contributed by atoms with E-state index in [4.69, 9.17) is 5.73 Å². The number of carbonyl (C=O) groups is 1. The third-order valence-electron chi connectivity index (χ3n) is 4.30. The van der Waals surface area contributed by atoms with E-state index in [9.17, 15) is 4.79 Å². The summed E-state index contributed by atoms with van der Waals surface area (Å²) < 4.78 is 0. The molecule has 0 aliphatic heterocycles. The molecule has 0 spiro atoms. The molecule has 2 unspecified atom stereocenters. The number of hydrogen-bond donors (Lipinski definition) is 1. The molecule has 0 saturated heterocycles. The van der Waals surface area contributed by atoms with Crippen LogP contribution in [0.5, 0.6) is 0 Å². The lowest BCUT2D eigenvalue weighted by Crippen LogP contribution is -2.40. The van der Waals surface area contributed by atoms with Crippen molar-refractivity contribution in [3.8, 4) is 0 Å². The fourth-order valence-electron chi connectivity index (χ4n) is 3.08. The summed E-state index contributed by atoms with van der Waals surface area (Å²) in [6.45, 7) is 4.22. The normalized spacial score (nSPS) is 23.1. The van der Waals surface area contributed by atoms with E-state index in [0.29, 0.717) is 23.2 Å². The maximum absolute atomic E-state index is 12.6.